The summed E-state index contributed by atoms with van der Waals surface area (Å²) >= 11 is 0. The number of ketones is 1. The van der Waals surface area contributed by atoms with Crippen LogP contribution in [0.5, 0.6) is 0 Å². The van der Waals surface area contributed by atoms with Gasteiger partial charge in [0.2, 0.25) is 5.91 Å². The molecule has 2 aliphatic rings. The summed E-state index contributed by atoms with van der Waals surface area (Å²) in [6.45, 7) is 3.51. The molecule has 9 nitrogen and oxygen atoms in total. The van der Waals surface area contributed by atoms with E-state index in [4.69, 9.17) is 11.2 Å². The Morgan fingerprint density at radius 3 is 2.43 bits per heavy atom. The number of hydrogen-bond donors (Lipinski definition) is 3. The van der Waals surface area contributed by atoms with Crippen LogP contribution in [0.3, 0.4) is 0 Å². The fraction of sp³-hybridized carbons (Fsp3) is 0.179. The number of anilines is 1. The van der Waals surface area contributed by atoms with Crippen LogP contribution in [-0.2, 0) is 23.9 Å². The summed E-state index contributed by atoms with van der Waals surface area (Å²) in [6.07, 6.45) is 5.33. The summed E-state index contributed by atoms with van der Waals surface area (Å²) in [5.41, 5.74) is 6.49. The van der Waals surface area contributed by atoms with Gasteiger partial charge in [-0.25, -0.2) is 10.2 Å². The molecule has 0 saturated heterocycles. The molecule has 2 aliphatic heterocycles. The molecule has 0 aliphatic carbocycles. The Labute approximate surface area is 213 Å². The number of carbonyl (C=O) groups is 4. The molecule has 1 atom stereocenters. The summed E-state index contributed by atoms with van der Waals surface area (Å²) in [7, 11) is 1.29. The number of rotatable bonds is 5. The quantitative estimate of drug-likeness (QED) is 0.332. The van der Waals surface area contributed by atoms with Gasteiger partial charge in [-0.3, -0.25) is 14.4 Å². The number of esters is 1. The standard InChI is InChI=1S/C28H24N4O5/c1-5-17-7-6-8-19(13-17)25-23(15(2)29-16(3)24(25)28(36)37-4)27(35)30-20-11-9-18(10-12-20)26-21(33)14-22(34)31-32-26/h1,6-13,25,29H,14H2,2-4H3,(H,30,35)(H,31,34). The first-order chi connectivity index (χ1) is 17.7. The zero-order valence-electron chi connectivity index (χ0n) is 20.5. The molecule has 0 radical (unpaired) electrons. The van der Waals surface area contributed by atoms with Crippen molar-refractivity contribution >= 4 is 35.0 Å². The van der Waals surface area contributed by atoms with Crippen LogP contribution in [0.4, 0.5) is 5.69 Å². The minimum Gasteiger partial charge on any atom is -0.466 e. The lowest BCUT2D eigenvalue weighted by molar-refractivity contribution is -0.136. The maximum Gasteiger partial charge on any atom is 0.336 e. The summed E-state index contributed by atoms with van der Waals surface area (Å²) in [6, 6.07) is 13.6. The van der Waals surface area contributed by atoms with E-state index in [0.29, 0.717) is 44.9 Å². The van der Waals surface area contributed by atoms with Crippen molar-refractivity contribution in [2.75, 3.05) is 12.4 Å². The maximum atomic E-state index is 13.6. The Morgan fingerprint density at radius 1 is 1.08 bits per heavy atom. The molecular weight excluding hydrogens is 472 g/mol. The monoisotopic (exact) mass is 496 g/mol. The molecule has 186 valence electrons. The highest BCUT2D eigenvalue weighted by Crippen LogP contribution is 2.39. The number of benzene rings is 2. The zero-order valence-corrected chi connectivity index (χ0v) is 20.5. The van der Waals surface area contributed by atoms with Gasteiger partial charge < -0.3 is 15.4 Å². The number of hydrogen-bond acceptors (Lipinski definition) is 7. The molecule has 2 aromatic rings. The molecule has 0 saturated carbocycles. The van der Waals surface area contributed by atoms with E-state index in [-0.39, 0.29) is 17.9 Å². The second kappa shape index (κ2) is 10.3. The van der Waals surface area contributed by atoms with E-state index in [2.05, 4.69) is 27.1 Å². The summed E-state index contributed by atoms with van der Waals surface area (Å²) in [5, 5.41) is 9.82. The maximum absolute atomic E-state index is 13.6. The van der Waals surface area contributed by atoms with E-state index in [1.807, 2.05) is 6.07 Å². The van der Waals surface area contributed by atoms with Gasteiger partial charge in [0.05, 0.1) is 25.0 Å². The Balaban J connectivity index is 1.67. The highest BCUT2D eigenvalue weighted by atomic mass is 16.5. The van der Waals surface area contributed by atoms with Gasteiger partial charge in [0, 0.05) is 33.8 Å². The smallest absolute Gasteiger partial charge is 0.336 e. The Morgan fingerprint density at radius 2 is 1.78 bits per heavy atom. The summed E-state index contributed by atoms with van der Waals surface area (Å²) < 4.78 is 5.04. The van der Waals surface area contributed by atoms with E-state index in [1.54, 1.807) is 56.3 Å². The fourth-order valence-electron chi connectivity index (χ4n) is 4.40. The molecule has 1 unspecified atom stereocenters. The van der Waals surface area contributed by atoms with Crippen LogP contribution in [0, 0.1) is 12.3 Å². The lowest BCUT2D eigenvalue weighted by Crippen LogP contribution is -2.34. The predicted octanol–water partition coefficient (Wildman–Crippen LogP) is 2.51. The number of carbonyl (C=O) groups excluding carboxylic acids is 4. The van der Waals surface area contributed by atoms with E-state index >= 15 is 0 Å². The second-order valence-electron chi connectivity index (χ2n) is 8.52. The molecule has 2 heterocycles. The first-order valence-corrected chi connectivity index (χ1v) is 11.4. The molecule has 0 spiro atoms. The van der Waals surface area contributed by atoms with Crippen molar-refractivity contribution in [2.24, 2.45) is 5.10 Å². The van der Waals surface area contributed by atoms with Crippen molar-refractivity contribution in [1.82, 2.24) is 10.7 Å². The first-order valence-electron chi connectivity index (χ1n) is 11.4. The van der Waals surface area contributed by atoms with Gasteiger partial charge in [-0.15, -0.1) is 6.42 Å². The van der Waals surface area contributed by atoms with E-state index < -0.39 is 23.7 Å². The average Bonchev–Trinajstić information content (AvgIpc) is 2.88. The number of nitrogens with zero attached hydrogens (tertiary/aromatic N) is 1. The van der Waals surface area contributed by atoms with Gasteiger partial charge in [0.1, 0.15) is 5.71 Å². The van der Waals surface area contributed by atoms with Gasteiger partial charge in [0.25, 0.3) is 5.91 Å². The van der Waals surface area contributed by atoms with Crippen LogP contribution in [0.25, 0.3) is 0 Å². The van der Waals surface area contributed by atoms with Crippen LogP contribution in [0.2, 0.25) is 0 Å². The molecule has 0 fully saturated rings. The largest absolute Gasteiger partial charge is 0.466 e. The number of terminal acetylenes is 1. The van der Waals surface area contributed by atoms with Crippen molar-refractivity contribution in [3.8, 4) is 12.3 Å². The minimum atomic E-state index is -0.723. The van der Waals surface area contributed by atoms with E-state index in [0.717, 1.165) is 0 Å². The summed E-state index contributed by atoms with van der Waals surface area (Å²) in [5.74, 6) is 0.0300. The van der Waals surface area contributed by atoms with E-state index in [9.17, 15) is 19.2 Å². The Bertz CT molecular complexity index is 1460. The highest BCUT2D eigenvalue weighted by Gasteiger charge is 2.37. The molecule has 0 aromatic heterocycles. The van der Waals surface area contributed by atoms with Crippen LogP contribution < -0.4 is 16.1 Å². The van der Waals surface area contributed by atoms with Crippen LogP contribution in [-0.4, -0.2) is 36.4 Å². The van der Waals surface area contributed by atoms with Gasteiger partial charge >= 0.3 is 5.97 Å². The molecular formula is C28H24N4O5. The lowest BCUT2D eigenvalue weighted by Gasteiger charge is -2.31. The van der Waals surface area contributed by atoms with Gasteiger partial charge in [0.15, 0.2) is 5.78 Å². The number of methoxy groups -OCH3 is 1. The molecule has 4 rings (SSSR count). The van der Waals surface area contributed by atoms with Crippen molar-refractivity contribution in [3.05, 3.63) is 87.8 Å². The predicted molar refractivity (Wildman–Crippen MR) is 137 cm³/mol. The second-order valence-corrected chi connectivity index (χ2v) is 8.52. The molecule has 0 bridgehead atoms. The van der Waals surface area contributed by atoms with E-state index in [1.165, 1.54) is 7.11 Å². The van der Waals surface area contributed by atoms with Crippen molar-refractivity contribution < 1.29 is 23.9 Å². The highest BCUT2D eigenvalue weighted by molar-refractivity contribution is 6.49. The van der Waals surface area contributed by atoms with Gasteiger partial charge in [-0.05, 0) is 43.7 Å². The molecule has 3 N–H and O–H groups in total. The third kappa shape index (κ3) is 5.04. The normalized spacial score (nSPS) is 17.4. The Kier molecular flexibility index (Phi) is 7.02. The first kappa shape index (κ1) is 25.1. The number of dihydropyridines is 1. The molecule has 9 heteroatoms. The number of ether oxygens (including phenoxy) is 1. The van der Waals surface area contributed by atoms with Crippen LogP contribution >= 0.6 is 0 Å². The zero-order chi connectivity index (χ0) is 26.7. The van der Waals surface area contributed by atoms with Gasteiger partial charge in [-0.1, -0.05) is 30.2 Å². The molecule has 2 amide bonds. The minimum absolute atomic E-state index is 0.143. The number of nitrogens with one attached hydrogen (secondary N) is 3. The van der Waals surface area contributed by atoms with Crippen molar-refractivity contribution in [1.29, 1.82) is 0 Å². The SMILES string of the molecule is C#Cc1cccc(C2C(C(=O)Nc3ccc(C4=NNC(=O)CC4=O)cc3)=C(C)NC(C)=C2C(=O)OC)c1. The number of Topliss-reactive ketones (excluding diaryl/α,β-unsaturated/α-hetero) is 1. The third-order valence-corrected chi connectivity index (χ3v) is 6.09. The fourth-order valence-corrected chi connectivity index (χ4v) is 4.40. The van der Waals surface area contributed by atoms with Crippen molar-refractivity contribution in [3.63, 3.8) is 0 Å². The molecule has 2 aromatic carbocycles. The van der Waals surface area contributed by atoms with Gasteiger partial charge in [-0.2, -0.15) is 5.10 Å². The third-order valence-electron chi connectivity index (χ3n) is 6.09. The van der Waals surface area contributed by atoms with Crippen LogP contribution in [0.1, 0.15) is 42.9 Å². The van der Waals surface area contributed by atoms with Crippen LogP contribution in [0.15, 0.2) is 76.2 Å². The number of amides is 2. The Hall–Kier alpha value is -4.97. The summed E-state index contributed by atoms with van der Waals surface area (Å²) in [4.78, 5) is 49.9. The topological polar surface area (TPSA) is 126 Å². The average molecular weight is 497 g/mol. The number of hydrazone groups is 1. The molecule has 37 heavy (non-hydrogen) atoms. The lowest BCUT2D eigenvalue weighted by atomic mass is 9.79. The number of allylic oxidation sites excluding steroid dienone is 2. The van der Waals surface area contributed by atoms with Crippen molar-refractivity contribution in [2.45, 2.75) is 26.2 Å².